The molecule has 0 N–H and O–H groups in total. The molecule has 0 radical (unpaired) electrons. The van der Waals surface area contributed by atoms with Crippen molar-refractivity contribution in [2.24, 2.45) is 0 Å². The van der Waals surface area contributed by atoms with Crippen molar-refractivity contribution in [3.63, 3.8) is 0 Å². The first-order valence-electron chi connectivity index (χ1n) is 19.8. The molecule has 4 fully saturated rings. The molecule has 254 valence electrons. The van der Waals surface area contributed by atoms with E-state index >= 15 is 0 Å². The van der Waals surface area contributed by atoms with Gasteiger partial charge < -0.3 is 9.05 Å². The minimum atomic E-state index is -0.562. The predicted octanol–water partition coefficient (Wildman–Crippen LogP) is 14.5. The average molecular weight is 679 g/mol. The molecule has 0 atom stereocenters. The fraction of sp³-hybridized carbons (Fsp3) is 0.545. The van der Waals surface area contributed by atoms with E-state index in [4.69, 9.17) is 9.05 Å². The zero-order valence-corrected chi connectivity index (χ0v) is 30.9. The van der Waals surface area contributed by atoms with Crippen molar-refractivity contribution in [1.29, 1.82) is 0 Å². The van der Waals surface area contributed by atoms with Crippen LogP contribution in [0.15, 0.2) is 72.8 Å². The van der Waals surface area contributed by atoms with Crippen LogP contribution in [0.25, 0.3) is 32.7 Å². The molecule has 4 aliphatic carbocycles. The molecule has 8 rings (SSSR count). The number of rotatable bonds is 9. The van der Waals surface area contributed by atoms with Gasteiger partial charge in [0.2, 0.25) is 0 Å². The molecular formula is C44H56O2P2. The van der Waals surface area contributed by atoms with Gasteiger partial charge in [0.15, 0.2) is 0 Å². The third-order valence-electron chi connectivity index (χ3n) is 12.2. The van der Waals surface area contributed by atoms with Crippen molar-refractivity contribution in [3.8, 4) is 22.6 Å². The van der Waals surface area contributed by atoms with Crippen LogP contribution in [0.4, 0.5) is 0 Å². The van der Waals surface area contributed by atoms with E-state index in [2.05, 4.69) is 72.8 Å². The lowest BCUT2D eigenvalue weighted by atomic mass is 9.92. The average Bonchev–Trinajstić information content (AvgIpc) is 3.17. The monoisotopic (exact) mass is 678 g/mol. The lowest BCUT2D eigenvalue weighted by Gasteiger charge is -2.38. The van der Waals surface area contributed by atoms with Gasteiger partial charge in [-0.2, -0.15) is 0 Å². The SMILES string of the molecule is c1ccc2c(-c3c(OP(C4CCCCC4)C4CCCCC4)ccc4ccccc34)c(OP(C3CCCCC3)C3CCCCC3)ccc2c1. The van der Waals surface area contributed by atoms with Gasteiger partial charge in [-0.05, 0) is 85.0 Å². The second kappa shape index (κ2) is 15.8. The molecule has 4 saturated carbocycles. The van der Waals surface area contributed by atoms with Crippen LogP contribution >= 0.6 is 16.3 Å². The maximum Gasteiger partial charge on any atom is 0.131 e. The highest BCUT2D eigenvalue weighted by Gasteiger charge is 2.37. The third-order valence-corrected chi connectivity index (χ3v) is 17.9. The van der Waals surface area contributed by atoms with E-state index in [0.29, 0.717) is 0 Å². The van der Waals surface area contributed by atoms with Crippen LogP contribution < -0.4 is 9.05 Å². The Morgan fingerprint density at radius 1 is 0.354 bits per heavy atom. The van der Waals surface area contributed by atoms with E-state index in [0.717, 1.165) is 34.1 Å². The van der Waals surface area contributed by atoms with E-state index in [-0.39, 0.29) is 0 Å². The fourth-order valence-corrected chi connectivity index (χ4v) is 15.7. The van der Waals surface area contributed by atoms with Gasteiger partial charge in [-0.1, -0.05) is 138 Å². The largest absolute Gasteiger partial charge is 0.473 e. The number of benzene rings is 4. The van der Waals surface area contributed by atoms with Crippen molar-refractivity contribution in [1.82, 2.24) is 0 Å². The van der Waals surface area contributed by atoms with Crippen LogP contribution in [0.2, 0.25) is 0 Å². The van der Waals surface area contributed by atoms with Gasteiger partial charge in [-0.15, -0.1) is 0 Å². The highest BCUT2D eigenvalue weighted by molar-refractivity contribution is 7.54. The molecule has 4 aromatic carbocycles. The first kappa shape index (κ1) is 33.0. The summed E-state index contributed by atoms with van der Waals surface area (Å²) in [6, 6.07) is 27.4. The van der Waals surface area contributed by atoms with Gasteiger partial charge in [-0.25, -0.2) is 0 Å². The maximum absolute atomic E-state index is 7.64. The molecule has 0 saturated heterocycles. The van der Waals surface area contributed by atoms with Crippen molar-refractivity contribution in [3.05, 3.63) is 72.8 Å². The van der Waals surface area contributed by atoms with Crippen LogP contribution in [-0.2, 0) is 0 Å². The van der Waals surface area contributed by atoms with E-state index in [1.807, 2.05) is 0 Å². The van der Waals surface area contributed by atoms with Crippen LogP contribution in [-0.4, -0.2) is 22.6 Å². The zero-order chi connectivity index (χ0) is 32.1. The standard InChI is InChI=1S/C44H56O2P2/c1-5-19-35(20-6-1)47(36-21-7-2-8-22-36)45-41-31-29-33-17-13-15-27-39(33)43(41)44-40-28-16-14-18-34(40)30-32-42(44)46-48(37-23-9-3-10-24-37)38-25-11-4-12-26-38/h13-18,27-32,35-38H,1-12,19-26H2. The first-order chi connectivity index (χ1) is 23.8. The smallest absolute Gasteiger partial charge is 0.131 e. The Kier molecular flexibility index (Phi) is 10.9. The van der Waals surface area contributed by atoms with Gasteiger partial charge in [0.25, 0.3) is 0 Å². The molecule has 0 unspecified atom stereocenters. The first-order valence-corrected chi connectivity index (χ1v) is 22.6. The predicted molar refractivity (Wildman–Crippen MR) is 209 cm³/mol. The molecule has 0 amide bonds. The Morgan fingerprint density at radius 3 is 1.00 bits per heavy atom. The summed E-state index contributed by atoms with van der Waals surface area (Å²) in [5, 5.41) is 5.19. The second-order valence-electron chi connectivity index (χ2n) is 15.4. The highest BCUT2D eigenvalue weighted by Crippen LogP contribution is 2.61. The molecule has 0 spiro atoms. The Morgan fingerprint density at radius 2 is 0.667 bits per heavy atom. The lowest BCUT2D eigenvalue weighted by Crippen LogP contribution is -2.23. The second-order valence-corrected chi connectivity index (χ2v) is 20.1. The van der Waals surface area contributed by atoms with E-state index < -0.39 is 16.3 Å². The third kappa shape index (κ3) is 7.19. The summed E-state index contributed by atoms with van der Waals surface area (Å²) in [5.74, 6) is 2.22. The quantitative estimate of drug-likeness (QED) is 0.164. The Labute approximate surface area is 292 Å². The molecule has 4 aliphatic rings. The van der Waals surface area contributed by atoms with Crippen molar-refractivity contribution in [2.75, 3.05) is 0 Å². The Hall–Kier alpha value is -2.14. The Bertz CT molecular complexity index is 1480. The van der Waals surface area contributed by atoms with E-state index in [1.165, 1.54) is 161 Å². The van der Waals surface area contributed by atoms with Gasteiger partial charge in [0, 0.05) is 33.8 Å². The van der Waals surface area contributed by atoms with Crippen molar-refractivity contribution < 1.29 is 9.05 Å². The molecular weight excluding hydrogens is 622 g/mol. The molecule has 0 heterocycles. The zero-order valence-electron chi connectivity index (χ0n) is 29.1. The molecule has 2 nitrogen and oxygen atoms in total. The summed E-state index contributed by atoms with van der Waals surface area (Å²) < 4.78 is 15.3. The van der Waals surface area contributed by atoms with Crippen LogP contribution in [0.3, 0.4) is 0 Å². The molecule has 0 aromatic heterocycles. The summed E-state index contributed by atoms with van der Waals surface area (Å²) in [6.45, 7) is 0. The summed E-state index contributed by atoms with van der Waals surface area (Å²) in [5.41, 5.74) is 5.46. The van der Waals surface area contributed by atoms with Gasteiger partial charge >= 0.3 is 0 Å². The minimum absolute atomic E-state index is 0.562. The number of hydrogen-bond acceptors (Lipinski definition) is 2. The Balaban J connectivity index is 1.28. The van der Waals surface area contributed by atoms with Crippen LogP contribution in [0.1, 0.15) is 128 Å². The molecule has 4 heteroatoms. The summed E-state index contributed by atoms with van der Waals surface area (Å²) >= 11 is 0. The highest BCUT2D eigenvalue weighted by atomic mass is 31.1. The minimum Gasteiger partial charge on any atom is -0.473 e. The fourth-order valence-electron chi connectivity index (χ4n) is 9.63. The molecule has 48 heavy (non-hydrogen) atoms. The van der Waals surface area contributed by atoms with Crippen molar-refractivity contribution in [2.45, 2.75) is 151 Å². The normalized spacial score (nSPS) is 21.0. The lowest BCUT2D eigenvalue weighted by molar-refractivity contribution is 0.448. The van der Waals surface area contributed by atoms with Gasteiger partial charge in [0.1, 0.15) is 11.5 Å². The summed E-state index contributed by atoms with van der Waals surface area (Å²) in [6.07, 6.45) is 27.3. The maximum atomic E-state index is 7.64. The van der Waals surface area contributed by atoms with Crippen LogP contribution in [0.5, 0.6) is 11.5 Å². The van der Waals surface area contributed by atoms with Crippen LogP contribution in [0, 0.1) is 0 Å². The summed E-state index contributed by atoms with van der Waals surface area (Å²) in [4.78, 5) is 0. The topological polar surface area (TPSA) is 18.5 Å². The molecule has 0 aliphatic heterocycles. The van der Waals surface area contributed by atoms with Crippen molar-refractivity contribution >= 4 is 37.8 Å². The van der Waals surface area contributed by atoms with Gasteiger partial charge in [-0.3, -0.25) is 0 Å². The van der Waals surface area contributed by atoms with Gasteiger partial charge in [0.05, 0.1) is 16.3 Å². The molecule has 0 bridgehead atoms. The number of fused-ring (bicyclic) bond motifs is 2. The molecule has 4 aromatic rings. The van der Waals surface area contributed by atoms with E-state index in [9.17, 15) is 0 Å². The van der Waals surface area contributed by atoms with E-state index in [1.54, 1.807) is 0 Å². The number of hydrogen-bond donors (Lipinski definition) is 0. The summed E-state index contributed by atoms with van der Waals surface area (Å²) in [7, 11) is -1.12.